The molecule has 3 aromatic rings. The van der Waals surface area contributed by atoms with E-state index in [4.69, 9.17) is 4.74 Å². The van der Waals surface area contributed by atoms with Gasteiger partial charge in [0.25, 0.3) is 0 Å². The first-order valence-electron chi connectivity index (χ1n) is 5.58. The highest BCUT2D eigenvalue weighted by atomic mass is 16.6. The lowest BCUT2D eigenvalue weighted by atomic mass is 10.2. The molecule has 0 bridgehead atoms. The van der Waals surface area contributed by atoms with Crippen LogP contribution in [0.1, 0.15) is 11.4 Å². The van der Waals surface area contributed by atoms with Crippen molar-refractivity contribution in [3.05, 3.63) is 47.9 Å². The third-order valence-electron chi connectivity index (χ3n) is 2.69. The zero-order valence-corrected chi connectivity index (χ0v) is 9.83. The first-order chi connectivity index (χ1) is 8.83. The van der Waals surface area contributed by atoms with E-state index in [1.807, 2.05) is 37.3 Å². The highest BCUT2D eigenvalue weighted by Gasteiger charge is 2.06. The molecule has 1 aromatic carbocycles. The number of pyridine rings is 1. The summed E-state index contributed by atoms with van der Waals surface area (Å²) >= 11 is 0. The lowest BCUT2D eigenvalue weighted by Crippen LogP contribution is -1.98. The molecule has 0 aliphatic carbocycles. The Balaban J connectivity index is 1.81. The van der Waals surface area contributed by atoms with Crippen molar-refractivity contribution in [1.82, 2.24) is 15.3 Å². The number of para-hydroxylation sites is 1. The molecule has 5 nitrogen and oxygen atoms in total. The number of nitrogens with zero attached hydrogens (tertiary/aromatic N) is 3. The van der Waals surface area contributed by atoms with Crippen molar-refractivity contribution >= 4 is 10.9 Å². The molecule has 0 aliphatic heterocycles. The van der Waals surface area contributed by atoms with E-state index in [2.05, 4.69) is 19.9 Å². The molecule has 0 radical (unpaired) electrons. The maximum absolute atomic E-state index is 5.61. The number of hydrogen-bond donors (Lipinski definition) is 0. The quantitative estimate of drug-likeness (QED) is 0.705. The van der Waals surface area contributed by atoms with Crippen LogP contribution in [0.3, 0.4) is 0 Å². The second kappa shape index (κ2) is 4.44. The van der Waals surface area contributed by atoms with Crippen LogP contribution in [0.5, 0.6) is 5.75 Å². The summed E-state index contributed by atoms with van der Waals surface area (Å²) in [6.45, 7) is 2.16. The molecule has 0 atom stereocenters. The Kier molecular flexibility index (Phi) is 2.64. The van der Waals surface area contributed by atoms with Gasteiger partial charge in [-0.15, -0.1) is 0 Å². The Morgan fingerprint density at radius 2 is 2.11 bits per heavy atom. The molecule has 0 N–H and O–H groups in total. The third-order valence-corrected chi connectivity index (χ3v) is 2.69. The van der Waals surface area contributed by atoms with E-state index >= 15 is 0 Å². The van der Waals surface area contributed by atoms with Gasteiger partial charge in [-0.2, -0.15) is 0 Å². The van der Waals surface area contributed by atoms with Crippen LogP contribution < -0.4 is 4.74 Å². The number of benzene rings is 1. The van der Waals surface area contributed by atoms with Crippen molar-refractivity contribution in [2.75, 3.05) is 0 Å². The van der Waals surface area contributed by atoms with Crippen LogP contribution in [0.2, 0.25) is 0 Å². The minimum absolute atomic E-state index is 0.329. The predicted molar refractivity (Wildman–Crippen MR) is 65.1 cm³/mol. The van der Waals surface area contributed by atoms with E-state index in [-0.39, 0.29) is 0 Å². The lowest BCUT2D eigenvalue weighted by molar-refractivity contribution is 0.269. The van der Waals surface area contributed by atoms with Crippen LogP contribution in [0.15, 0.2) is 41.2 Å². The van der Waals surface area contributed by atoms with Gasteiger partial charge in [0.1, 0.15) is 23.7 Å². The number of rotatable bonds is 3. The van der Waals surface area contributed by atoms with Gasteiger partial charge in [0.05, 0.1) is 11.7 Å². The van der Waals surface area contributed by atoms with Crippen molar-refractivity contribution in [2.45, 2.75) is 13.5 Å². The van der Waals surface area contributed by atoms with Gasteiger partial charge in [-0.3, -0.25) is 4.98 Å². The summed E-state index contributed by atoms with van der Waals surface area (Å²) in [4.78, 5) is 4.32. The average Bonchev–Trinajstić information content (AvgIpc) is 2.82. The van der Waals surface area contributed by atoms with E-state index in [1.54, 1.807) is 6.20 Å². The van der Waals surface area contributed by atoms with Crippen LogP contribution in [-0.4, -0.2) is 15.3 Å². The molecule has 0 saturated heterocycles. The van der Waals surface area contributed by atoms with Gasteiger partial charge in [-0.1, -0.05) is 28.5 Å². The summed E-state index contributed by atoms with van der Waals surface area (Å²) in [5.74, 6) is 0.705. The molecular weight excluding hydrogens is 230 g/mol. The summed E-state index contributed by atoms with van der Waals surface area (Å²) in [5, 5.41) is 8.51. The fraction of sp³-hybridized carbons (Fsp3) is 0.154. The predicted octanol–water partition coefficient (Wildman–Crippen LogP) is 2.51. The minimum atomic E-state index is 0.329. The number of aryl methyl sites for hydroxylation is 1. The smallest absolute Gasteiger partial charge is 0.145 e. The van der Waals surface area contributed by atoms with Crippen molar-refractivity contribution in [2.24, 2.45) is 0 Å². The maximum atomic E-state index is 5.61. The molecule has 2 heterocycles. The molecule has 0 amide bonds. The van der Waals surface area contributed by atoms with E-state index < -0.39 is 0 Å². The normalized spacial score (nSPS) is 10.7. The van der Waals surface area contributed by atoms with Crippen molar-refractivity contribution in [1.29, 1.82) is 0 Å². The standard InChI is InChI=1S/C13H11N3O2/c1-9-13(16-18-15-9)8-17-11-6-10-4-2-3-5-12(10)14-7-11/h2-7H,8H2,1H3. The molecule has 0 aliphatic rings. The van der Waals surface area contributed by atoms with Crippen molar-refractivity contribution in [3.8, 4) is 5.75 Å². The molecule has 90 valence electrons. The topological polar surface area (TPSA) is 61.0 Å². The summed E-state index contributed by atoms with van der Waals surface area (Å²) in [7, 11) is 0. The van der Waals surface area contributed by atoms with Crippen LogP contribution >= 0.6 is 0 Å². The first-order valence-corrected chi connectivity index (χ1v) is 5.58. The van der Waals surface area contributed by atoms with Crippen LogP contribution in [-0.2, 0) is 6.61 Å². The van der Waals surface area contributed by atoms with E-state index in [0.717, 1.165) is 16.6 Å². The Morgan fingerprint density at radius 1 is 1.22 bits per heavy atom. The minimum Gasteiger partial charge on any atom is -0.485 e. The second-order valence-corrected chi connectivity index (χ2v) is 3.95. The van der Waals surface area contributed by atoms with Crippen LogP contribution in [0.25, 0.3) is 10.9 Å². The second-order valence-electron chi connectivity index (χ2n) is 3.95. The Hall–Kier alpha value is -2.43. The zero-order chi connectivity index (χ0) is 12.4. The van der Waals surface area contributed by atoms with Crippen molar-refractivity contribution < 1.29 is 9.37 Å². The third kappa shape index (κ3) is 2.02. The number of aromatic nitrogens is 3. The Morgan fingerprint density at radius 3 is 2.94 bits per heavy atom. The average molecular weight is 241 g/mol. The zero-order valence-electron chi connectivity index (χ0n) is 9.83. The largest absolute Gasteiger partial charge is 0.485 e. The molecule has 18 heavy (non-hydrogen) atoms. The SMILES string of the molecule is Cc1nonc1COc1cnc2ccccc2c1. The van der Waals surface area contributed by atoms with Gasteiger partial charge in [-0.25, -0.2) is 4.63 Å². The summed E-state index contributed by atoms with van der Waals surface area (Å²) in [5.41, 5.74) is 2.39. The molecule has 0 unspecified atom stereocenters. The molecule has 2 aromatic heterocycles. The van der Waals surface area contributed by atoms with Crippen LogP contribution in [0, 0.1) is 6.92 Å². The number of hydrogen-bond acceptors (Lipinski definition) is 5. The molecule has 3 rings (SSSR count). The van der Waals surface area contributed by atoms with Gasteiger partial charge >= 0.3 is 0 Å². The highest BCUT2D eigenvalue weighted by molar-refractivity contribution is 5.79. The van der Waals surface area contributed by atoms with Gasteiger partial charge in [-0.05, 0) is 19.1 Å². The summed E-state index contributed by atoms with van der Waals surface area (Å²) in [6, 6.07) is 9.84. The number of ether oxygens (including phenoxy) is 1. The lowest BCUT2D eigenvalue weighted by Gasteiger charge is -2.04. The van der Waals surface area contributed by atoms with E-state index in [1.165, 1.54) is 0 Å². The fourth-order valence-electron chi connectivity index (χ4n) is 1.66. The Bertz CT molecular complexity index is 679. The maximum Gasteiger partial charge on any atom is 0.145 e. The van der Waals surface area contributed by atoms with Gasteiger partial charge < -0.3 is 4.74 Å². The molecule has 0 spiro atoms. The first kappa shape index (κ1) is 10.7. The molecular formula is C13H11N3O2. The van der Waals surface area contributed by atoms with Crippen LogP contribution in [0.4, 0.5) is 0 Å². The monoisotopic (exact) mass is 241 g/mol. The molecule has 0 saturated carbocycles. The van der Waals surface area contributed by atoms with Crippen molar-refractivity contribution in [3.63, 3.8) is 0 Å². The van der Waals surface area contributed by atoms with Gasteiger partial charge in [0, 0.05) is 5.39 Å². The van der Waals surface area contributed by atoms with Gasteiger partial charge in [0.15, 0.2) is 0 Å². The van der Waals surface area contributed by atoms with E-state index in [9.17, 15) is 0 Å². The molecule has 5 heteroatoms. The van der Waals surface area contributed by atoms with Gasteiger partial charge in [0.2, 0.25) is 0 Å². The number of fused-ring (bicyclic) bond motifs is 1. The summed E-state index contributed by atoms with van der Waals surface area (Å²) < 4.78 is 10.2. The Labute approximate surface area is 103 Å². The fourth-order valence-corrected chi connectivity index (χ4v) is 1.66. The highest BCUT2D eigenvalue weighted by Crippen LogP contribution is 2.18. The summed E-state index contributed by atoms with van der Waals surface area (Å²) in [6.07, 6.45) is 1.70. The molecule has 0 fully saturated rings. The van der Waals surface area contributed by atoms with E-state index in [0.29, 0.717) is 18.1 Å².